The highest BCUT2D eigenvalue weighted by molar-refractivity contribution is 6.30. The lowest BCUT2D eigenvalue weighted by molar-refractivity contribution is 0.0203. The summed E-state index contributed by atoms with van der Waals surface area (Å²) in [4.78, 5) is 4.25. The summed E-state index contributed by atoms with van der Waals surface area (Å²) in [5.74, 6) is 1.40. The number of methoxy groups -OCH3 is 1. The van der Waals surface area contributed by atoms with Crippen molar-refractivity contribution in [2.24, 2.45) is 10.9 Å². The first-order chi connectivity index (χ1) is 13.2. The molecule has 6 nitrogen and oxygen atoms in total. The third kappa shape index (κ3) is 8.47. The van der Waals surface area contributed by atoms with Crippen molar-refractivity contribution in [2.45, 2.75) is 25.4 Å². The van der Waals surface area contributed by atoms with Gasteiger partial charge in [0.1, 0.15) is 0 Å². The fourth-order valence-corrected chi connectivity index (χ4v) is 3.20. The molecule has 0 bridgehead atoms. The molecule has 27 heavy (non-hydrogen) atoms. The Labute approximate surface area is 167 Å². The summed E-state index contributed by atoms with van der Waals surface area (Å²) in [5.41, 5.74) is 1.04. The largest absolute Gasteiger partial charge is 0.381 e. The highest BCUT2D eigenvalue weighted by Gasteiger charge is 2.14. The molecule has 1 saturated heterocycles. The van der Waals surface area contributed by atoms with Crippen LogP contribution in [0.1, 0.15) is 30.9 Å². The van der Waals surface area contributed by atoms with Gasteiger partial charge in [0.05, 0.1) is 6.10 Å². The third-order valence-corrected chi connectivity index (χ3v) is 4.87. The number of rotatable bonds is 10. The zero-order chi connectivity index (χ0) is 19.3. The standard InChI is InChI=1S/C20H32ClN3O3/c1-22-20(23-9-4-10-27-15-16-7-11-26-12-8-16)24-14-19(25-2)17-5-3-6-18(21)13-17/h3,5-6,13,16,19H,4,7-12,14-15H2,1-2H3,(H2,22,23,24). The lowest BCUT2D eigenvalue weighted by atomic mass is 10.0. The molecule has 1 atom stereocenters. The molecule has 7 heteroatoms. The number of nitrogens with zero attached hydrogens (tertiary/aromatic N) is 1. The van der Waals surface area contributed by atoms with E-state index in [9.17, 15) is 0 Å². The second-order valence-electron chi connectivity index (χ2n) is 6.64. The fraction of sp³-hybridized carbons (Fsp3) is 0.650. The van der Waals surface area contributed by atoms with Gasteiger partial charge < -0.3 is 24.8 Å². The van der Waals surface area contributed by atoms with Gasteiger partial charge in [-0.15, -0.1) is 0 Å². The molecule has 1 aliphatic rings. The molecule has 2 rings (SSSR count). The van der Waals surface area contributed by atoms with Gasteiger partial charge in [-0.2, -0.15) is 0 Å². The molecular weight excluding hydrogens is 366 g/mol. The van der Waals surface area contributed by atoms with E-state index >= 15 is 0 Å². The number of benzene rings is 1. The van der Waals surface area contributed by atoms with Gasteiger partial charge in [0.25, 0.3) is 0 Å². The smallest absolute Gasteiger partial charge is 0.191 e. The molecule has 0 aromatic heterocycles. The lowest BCUT2D eigenvalue weighted by Gasteiger charge is -2.21. The normalized spacial score (nSPS) is 16.9. The van der Waals surface area contributed by atoms with Crippen LogP contribution in [0.25, 0.3) is 0 Å². The van der Waals surface area contributed by atoms with Gasteiger partial charge in [0.2, 0.25) is 0 Å². The van der Waals surface area contributed by atoms with Crippen molar-refractivity contribution < 1.29 is 14.2 Å². The van der Waals surface area contributed by atoms with Crippen molar-refractivity contribution in [1.82, 2.24) is 10.6 Å². The Morgan fingerprint density at radius 1 is 1.33 bits per heavy atom. The monoisotopic (exact) mass is 397 g/mol. The quantitative estimate of drug-likeness (QED) is 0.361. The molecule has 1 aromatic carbocycles. The van der Waals surface area contributed by atoms with Crippen molar-refractivity contribution in [3.8, 4) is 0 Å². The molecule has 1 unspecified atom stereocenters. The Bertz CT molecular complexity index is 565. The predicted octanol–water partition coefficient (Wildman–Crippen LogP) is 3.03. The Hall–Kier alpha value is -1.34. The van der Waals surface area contributed by atoms with Gasteiger partial charge in [-0.1, -0.05) is 23.7 Å². The van der Waals surface area contributed by atoms with E-state index in [1.165, 1.54) is 0 Å². The van der Waals surface area contributed by atoms with Crippen molar-refractivity contribution in [2.75, 3.05) is 53.7 Å². The van der Waals surface area contributed by atoms with Crippen LogP contribution >= 0.6 is 11.6 Å². The number of hydrogen-bond donors (Lipinski definition) is 2. The maximum atomic E-state index is 6.07. The number of ether oxygens (including phenoxy) is 3. The Morgan fingerprint density at radius 2 is 2.15 bits per heavy atom. The van der Waals surface area contributed by atoms with E-state index in [0.29, 0.717) is 17.5 Å². The maximum absolute atomic E-state index is 6.07. The average Bonchev–Trinajstić information content (AvgIpc) is 2.70. The second-order valence-corrected chi connectivity index (χ2v) is 7.08. The van der Waals surface area contributed by atoms with Crippen LogP contribution in [0.15, 0.2) is 29.3 Å². The van der Waals surface area contributed by atoms with E-state index in [0.717, 1.165) is 63.8 Å². The lowest BCUT2D eigenvalue weighted by Crippen LogP contribution is -2.40. The summed E-state index contributed by atoms with van der Waals surface area (Å²) < 4.78 is 16.7. The molecule has 152 valence electrons. The minimum absolute atomic E-state index is 0.0925. The zero-order valence-corrected chi connectivity index (χ0v) is 17.1. The van der Waals surface area contributed by atoms with Crippen LogP contribution in [0.3, 0.4) is 0 Å². The van der Waals surface area contributed by atoms with Gasteiger partial charge in [-0.3, -0.25) is 4.99 Å². The van der Waals surface area contributed by atoms with Gasteiger partial charge >= 0.3 is 0 Å². The number of guanidine groups is 1. The number of halogens is 1. The summed E-state index contributed by atoms with van der Waals surface area (Å²) in [6, 6.07) is 7.71. The highest BCUT2D eigenvalue weighted by atomic mass is 35.5. The first-order valence-electron chi connectivity index (χ1n) is 9.61. The molecule has 0 saturated carbocycles. The molecule has 0 spiro atoms. The minimum atomic E-state index is -0.0925. The Balaban J connectivity index is 1.60. The van der Waals surface area contributed by atoms with Crippen molar-refractivity contribution in [1.29, 1.82) is 0 Å². The summed E-state index contributed by atoms with van der Waals surface area (Å²) in [7, 11) is 3.46. The van der Waals surface area contributed by atoms with Crippen LogP contribution in [0, 0.1) is 5.92 Å². The summed E-state index contributed by atoms with van der Waals surface area (Å²) >= 11 is 6.07. The van der Waals surface area contributed by atoms with Crippen LogP contribution in [-0.4, -0.2) is 59.6 Å². The fourth-order valence-electron chi connectivity index (χ4n) is 3.00. The summed E-state index contributed by atoms with van der Waals surface area (Å²) in [6.45, 7) is 4.75. The molecular formula is C20H32ClN3O3. The Kier molecular flexibility index (Phi) is 10.5. The molecule has 1 heterocycles. The van der Waals surface area contributed by atoms with E-state index < -0.39 is 0 Å². The van der Waals surface area contributed by atoms with Gasteiger partial charge in [-0.25, -0.2) is 0 Å². The molecule has 1 aromatic rings. The second kappa shape index (κ2) is 12.9. The van der Waals surface area contributed by atoms with E-state index in [1.807, 2.05) is 24.3 Å². The van der Waals surface area contributed by atoms with E-state index in [-0.39, 0.29) is 6.10 Å². The zero-order valence-electron chi connectivity index (χ0n) is 16.4. The highest BCUT2D eigenvalue weighted by Crippen LogP contribution is 2.19. The van der Waals surface area contributed by atoms with Crippen LogP contribution in [0.2, 0.25) is 5.02 Å². The number of hydrogen-bond acceptors (Lipinski definition) is 4. The van der Waals surface area contributed by atoms with Crippen LogP contribution in [0.5, 0.6) is 0 Å². The minimum Gasteiger partial charge on any atom is -0.381 e. The molecule has 0 amide bonds. The third-order valence-electron chi connectivity index (χ3n) is 4.64. The van der Waals surface area contributed by atoms with Crippen molar-refractivity contribution in [3.63, 3.8) is 0 Å². The molecule has 1 aliphatic heterocycles. The molecule has 1 fully saturated rings. The van der Waals surface area contributed by atoms with E-state index in [2.05, 4.69) is 15.6 Å². The Morgan fingerprint density at radius 3 is 2.85 bits per heavy atom. The van der Waals surface area contributed by atoms with Crippen molar-refractivity contribution in [3.05, 3.63) is 34.9 Å². The van der Waals surface area contributed by atoms with Gasteiger partial charge in [0.15, 0.2) is 5.96 Å². The molecule has 0 radical (unpaired) electrons. The molecule has 0 aliphatic carbocycles. The first kappa shape index (κ1) is 22.0. The SMILES string of the molecule is CN=C(NCCCOCC1CCOCC1)NCC(OC)c1cccc(Cl)c1. The summed E-state index contributed by atoms with van der Waals surface area (Å²) in [5, 5.41) is 7.31. The number of nitrogens with one attached hydrogen (secondary N) is 2. The van der Waals surface area contributed by atoms with Crippen LogP contribution in [0.4, 0.5) is 0 Å². The average molecular weight is 398 g/mol. The van der Waals surface area contributed by atoms with Crippen molar-refractivity contribution >= 4 is 17.6 Å². The molecule has 2 N–H and O–H groups in total. The van der Waals surface area contributed by atoms with Crippen LogP contribution < -0.4 is 10.6 Å². The van der Waals surface area contributed by atoms with Gasteiger partial charge in [0, 0.05) is 58.7 Å². The topological polar surface area (TPSA) is 64.1 Å². The van der Waals surface area contributed by atoms with E-state index in [4.69, 9.17) is 25.8 Å². The predicted molar refractivity (Wildman–Crippen MR) is 110 cm³/mol. The number of aliphatic imine (C=N–C) groups is 1. The first-order valence-corrected chi connectivity index (χ1v) is 9.99. The summed E-state index contributed by atoms with van der Waals surface area (Å²) in [6.07, 6.45) is 3.07. The van der Waals surface area contributed by atoms with E-state index in [1.54, 1.807) is 14.2 Å². The van der Waals surface area contributed by atoms with Gasteiger partial charge in [-0.05, 0) is 42.9 Å². The maximum Gasteiger partial charge on any atom is 0.191 e. The van der Waals surface area contributed by atoms with Crippen LogP contribution in [-0.2, 0) is 14.2 Å².